The maximum atomic E-state index is 11.9. The summed E-state index contributed by atoms with van der Waals surface area (Å²) in [5.74, 6) is 0.316. The number of ether oxygens (including phenoxy) is 1. The second-order valence-electron chi connectivity index (χ2n) is 4.57. The summed E-state index contributed by atoms with van der Waals surface area (Å²) in [6.07, 6.45) is 0. The molecule has 1 aromatic carbocycles. The van der Waals surface area contributed by atoms with Crippen molar-refractivity contribution in [3.8, 4) is 5.75 Å². The molecule has 0 unspecified atom stereocenters. The van der Waals surface area contributed by atoms with Gasteiger partial charge in [-0.3, -0.25) is 4.79 Å². The van der Waals surface area contributed by atoms with Crippen molar-refractivity contribution in [2.75, 3.05) is 39.5 Å². The first-order valence-corrected chi connectivity index (χ1v) is 6.71. The van der Waals surface area contributed by atoms with Gasteiger partial charge in [0.15, 0.2) is 0 Å². The van der Waals surface area contributed by atoms with Crippen molar-refractivity contribution in [2.45, 2.75) is 6.92 Å². The Bertz CT molecular complexity index is 503. The standard InChI is InChI=1S/C14H22N4O3/c1-4-21-12-6-5-10(9-11(12)15)13(19)16-7-8-17-14(20)18(2)3/h5-6,9H,4,7-8,15H2,1-3H3,(H,16,19)(H,17,20). The second kappa shape index (κ2) is 7.98. The van der Waals surface area contributed by atoms with Gasteiger partial charge < -0.3 is 26.0 Å². The number of nitrogens with two attached hydrogens (primary N) is 1. The van der Waals surface area contributed by atoms with Crippen LogP contribution in [0.25, 0.3) is 0 Å². The summed E-state index contributed by atoms with van der Waals surface area (Å²) < 4.78 is 5.31. The molecule has 0 aliphatic heterocycles. The molecule has 0 radical (unpaired) electrons. The van der Waals surface area contributed by atoms with Gasteiger partial charge in [-0.1, -0.05) is 0 Å². The van der Waals surface area contributed by atoms with Crippen molar-refractivity contribution in [1.82, 2.24) is 15.5 Å². The zero-order valence-corrected chi connectivity index (χ0v) is 12.6. The van der Waals surface area contributed by atoms with Crippen LogP contribution in [0.3, 0.4) is 0 Å². The fourth-order valence-corrected chi connectivity index (χ4v) is 1.58. The van der Waals surface area contributed by atoms with Gasteiger partial charge in [-0.2, -0.15) is 0 Å². The van der Waals surface area contributed by atoms with Crippen molar-refractivity contribution >= 4 is 17.6 Å². The number of nitrogens with one attached hydrogen (secondary N) is 2. The molecule has 0 saturated heterocycles. The molecule has 116 valence electrons. The van der Waals surface area contributed by atoms with Crippen LogP contribution in [0.1, 0.15) is 17.3 Å². The second-order valence-corrected chi connectivity index (χ2v) is 4.57. The van der Waals surface area contributed by atoms with E-state index in [1.54, 1.807) is 32.3 Å². The van der Waals surface area contributed by atoms with Crippen molar-refractivity contribution in [3.05, 3.63) is 23.8 Å². The van der Waals surface area contributed by atoms with Crippen LogP contribution in [0.15, 0.2) is 18.2 Å². The Morgan fingerprint density at radius 2 is 1.90 bits per heavy atom. The fourth-order valence-electron chi connectivity index (χ4n) is 1.58. The van der Waals surface area contributed by atoms with Crippen LogP contribution in [0.4, 0.5) is 10.5 Å². The van der Waals surface area contributed by atoms with Crippen LogP contribution in [-0.2, 0) is 0 Å². The molecule has 7 nitrogen and oxygen atoms in total. The van der Waals surface area contributed by atoms with Gasteiger partial charge in [0, 0.05) is 32.7 Å². The first-order chi connectivity index (χ1) is 9.95. The molecule has 0 aliphatic carbocycles. The van der Waals surface area contributed by atoms with Crippen LogP contribution in [0.2, 0.25) is 0 Å². The minimum Gasteiger partial charge on any atom is -0.492 e. The van der Waals surface area contributed by atoms with E-state index in [4.69, 9.17) is 10.5 Å². The Hall–Kier alpha value is -2.44. The van der Waals surface area contributed by atoms with Crippen LogP contribution >= 0.6 is 0 Å². The van der Waals surface area contributed by atoms with E-state index in [0.717, 1.165) is 0 Å². The fraction of sp³-hybridized carbons (Fsp3) is 0.429. The highest BCUT2D eigenvalue weighted by atomic mass is 16.5. The third-order valence-corrected chi connectivity index (χ3v) is 2.66. The highest BCUT2D eigenvalue weighted by Gasteiger charge is 2.08. The summed E-state index contributed by atoms with van der Waals surface area (Å²) in [6.45, 7) is 3.07. The Morgan fingerprint density at radius 3 is 2.48 bits per heavy atom. The Balaban J connectivity index is 2.45. The molecular weight excluding hydrogens is 272 g/mol. The van der Waals surface area contributed by atoms with E-state index >= 15 is 0 Å². The predicted molar refractivity (Wildman–Crippen MR) is 81.4 cm³/mol. The Labute approximate surface area is 124 Å². The minimum absolute atomic E-state index is 0.199. The molecule has 0 aliphatic rings. The number of anilines is 1. The number of amides is 3. The summed E-state index contributed by atoms with van der Waals surface area (Å²) in [4.78, 5) is 24.6. The molecule has 0 aromatic heterocycles. The van der Waals surface area contributed by atoms with Gasteiger partial charge in [0.1, 0.15) is 5.75 Å². The number of rotatable bonds is 6. The first kappa shape index (κ1) is 16.6. The van der Waals surface area contributed by atoms with E-state index in [1.165, 1.54) is 4.90 Å². The van der Waals surface area contributed by atoms with E-state index in [1.807, 2.05) is 6.92 Å². The van der Waals surface area contributed by atoms with Gasteiger partial charge in [0.2, 0.25) is 0 Å². The molecule has 0 bridgehead atoms. The zero-order chi connectivity index (χ0) is 15.8. The van der Waals surface area contributed by atoms with Gasteiger partial charge in [0.05, 0.1) is 12.3 Å². The number of carbonyl (C=O) groups excluding carboxylic acids is 2. The van der Waals surface area contributed by atoms with Gasteiger partial charge in [-0.15, -0.1) is 0 Å². The normalized spacial score (nSPS) is 9.86. The molecule has 0 atom stereocenters. The quantitative estimate of drug-likeness (QED) is 0.530. The number of nitrogen functional groups attached to an aromatic ring is 1. The smallest absolute Gasteiger partial charge is 0.316 e. The lowest BCUT2D eigenvalue weighted by atomic mass is 10.1. The van der Waals surface area contributed by atoms with E-state index in [0.29, 0.717) is 36.7 Å². The Kier molecular flexibility index (Phi) is 6.32. The van der Waals surface area contributed by atoms with Crippen LogP contribution < -0.4 is 21.1 Å². The van der Waals surface area contributed by atoms with Crippen LogP contribution in [0.5, 0.6) is 5.75 Å². The lowest BCUT2D eigenvalue weighted by Gasteiger charge is -2.12. The van der Waals surface area contributed by atoms with Crippen LogP contribution in [-0.4, -0.2) is 50.6 Å². The molecule has 4 N–H and O–H groups in total. The Morgan fingerprint density at radius 1 is 1.24 bits per heavy atom. The number of urea groups is 1. The summed E-state index contributed by atoms with van der Waals surface area (Å²) in [5.41, 5.74) is 6.68. The van der Waals surface area contributed by atoms with Crippen molar-refractivity contribution in [1.29, 1.82) is 0 Å². The average molecular weight is 294 g/mol. The van der Waals surface area contributed by atoms with Crippen molar-refractivity contribution < 1.29 is 14.3 Å². The third kappa shape index (κ3) is 5.21. The topological polar surface area (TPSA) is 96.7 Å². The van der Waals surface area contributed by atoms with Gasteiger partial charge in [-0.25, -0.2) is 4.79 Å². The largest absolute Gasteiger partial charge is 0.492 e. The maximum absolute atomic E-state index is 11.9. The summed E-state index contributed by atoms with van der Waals surface area (Å²) in [7, 11) is 3.30. The van der Waals surface area contributed by atoms with Crippen molar-refractivity contribution in [2.24, 2.45) is 0 Å². The number of hydrogen-bond acceptors (Lipinski definition) is 4. The number of benzene rings is 1. The highest BCUT2D eigenvalue weighted by Crippen LogP contribution is 2.22. The van der Waals surface area contributed by atoms with E-state index in [-0.39, 0.29) is 11.9 Å². The lowest BCUT2D eigenvalue weighted by Crippen LogP contribution is -2.39. The van der Waals surface area contributed by atoms with Gasteiger partial charge >= 0.3 is 6.03 Å². The molecule has 21 heavy (non-hydrogen) atoms. The van der Waals surface area contributed by atoms with E-state index < -0.39 is 0 Å². The van der Waals surface area contributed by atoms with Gasteiger partial charge in [-0.05, 0) is 25.1 Å². The molecule has 0 fully saturated rings. The summed E-state index contributed by atoms with van der Waals surface area (Å²) in [6, 6.07) is 4.68. The van der Waals surface area contributed by atoms with Crippen LogP contribution in [0, 0.1) is 0 Å². The van der Waals surface area contributed by atoms with Crippen molar-refractivity contribution in [3.63, 3.8) is 0 Å². The zero-order valence-electron chi connectivity index (χ0n) is 12.6. The number of nitrogens with zero attached hydrogens (tertiary/aromatic N) is 1. The molecule has 0 spiro atoms. The van der Waals surface area contributed by atoms with E-state index in [9.17, 15) is 9.59 Å². The SMILES string of the molecule is CCOc1ccc(C(=O)NCCNC(=O)N(C)C)cc1N. The summed E-state index contributed by atoms with van der Waals surface area (Å²) in [5, 5.41) is 5.36. The lowest BCUT2D eigenvalue weighted by molar-refractivity contribution is 0.0953. The first-order valence-electron chi connectivity index (χ1n) is 6.71. The molecule has 1 aromatic rings. The summed E-state index contributed by atoms with van der Waals surface area (Å²) >= 11 is 0. The third-order valence-electron chi connectivity index (χ3n) is 2.66. The van der Waals surface area contributed by atoms with E-state index in [2.05, 4.69) is 10.6 Å². The van der Waals surface area contributed by atoms with Gasteiger partial charge in [0.25, 0.3) is 5.91 Å². The average Bonchev–Trinajstić information content (AvgIpc) is 2.45. The molecule has 0 saturated carbocycles. The molecule has 1 rings (SSSR count). The molecule has 7 heteroatoms. The number of carbonyl (C=O) groups is 2. The molecule has 3 amide bonds. The highest BCUT2D eigenvalue weighted by molar-refractivity contribution is 5.95. The number of hydrogen-bond donors (Lipinski definition) is 3. The minimum atomic E-state index is -0.246. The molecular formula is C14H22N4O3. The molecule has 0 heterocycles. The predicted octanol–water partition coefficient (Wildman–Crippen LogP) is 0.669. The maximum Gasteiger partial charge on any atom is 0.316 e. The monoisotopic (exact) mass is 294 g/mol.